The molecule has 1 saturated carbocycles. The van der Waals surface area contributed by atoms with Crippen molar-refractivity contribution in [2.75, 3.05) is 6.54 Å². The summed E-state index contributed by atoms with van der Waals surface area (Å²) < 4.78 is 0. The number of carboxylic acid groups (broad SMARTS) is 1. The number of carbonyl (C=O) groups is 1. The normalized spacial score (nSPS) is 25.5. The Bertz CT molecular complexity index is 240. The van der Waals surface area contributed by atoms with Gasteiger partial charge in [-0.15, -0.1) is 0 Å². The Hall–Kier alpha value is -0.570. The van der Waals surface area contributed by atoms with Gasteiger partial charge in [0.1, 0.15) is 0 Å². The minimum atomic E-state index is -0.675. The second-order valence-electron chi connectivity index (χ2n) is 5.75. The summed E-state index contributed by atoms with van der Waals surface area (Å²) in [6, 6.07) is 1.20. The Morgan fingerprint density at radius 3 is 2.65 bits per heavy atom. The van der Waals surface area contributed by atoms with Gasteiger partial charge in [0.15, 0.2) is 0 Å². The Balaban J connectivity index is 2.43. The molecule has 0 aromatic rings. The average molecular weight is 241 g/mol. The zero-order chi connectivity index (χ0) is 12.8. The molecule has 1 aliphatic rings. The van der Waals surface area contributed by atoms with Gasteiger partial charge in [-0.25, -0.2) is 0 Å². The number of aliphatic carboxylic acids is 1. The lowest BCUT2D eigenvalue weighted by atomic mass is 9.85. The van der Waals surface area contributed by atoms with Gasteiger partial charge in [0.25, 0.3) is 0 Å². The van der Waals surface area contributed by atoms with E-state index in [1.54, 1.807) is 0 Å². The molecule has 2 atom stereocenters. The van der Waals surface area contributed by atoms with Gasteiger partial charge >= 0.3 is 5.97 Å². The highest BCUT2D eigenvalue weighted by Gasteiger charge is 2.25. The quantitative estimate of drug-likeness (QED) is 0.776. The maximum absolute atomic E-state index is 10.6. The number of carboxylic acids is 1. The van der Waals surface area contributed by atoms with Crippen LogP contribution >= 0.6 is 0 Å². The van der Waals surface area contributed by atoms with Crippen LogP contribution < -0.4 is 0 Å². The fourth-order valence-corrected chi connectivity index (χ4v) is 2.98. The smallest absolute Gasteiger partial charge is 0.303 e. The van der Waals surface area contributed by atoms with Gasteiger partial charge in [-0.3, -0.25) is 9.69 Å². The number of nitrogens with zero attached hydrogens (tertiary/aromatic N) is 1. The molecule has 0 saturated heterocycles. The highest BCUT2D eigenvalue weighted by Crippen LogP contribution is 2.28. The van der Waals surface area contributed by atoms with Crippen LogP contribution in [0.3, 0.4) is 0 Å². The third-order valence-corrected chi connectivity index (χ3v) is 3.85. The van der Waals surface area contributed by atoms with Crippen LogP contribution in [0.5, 0.6) is 0 Å². The Labute approximate surface area is 105 Å². The fraction of sp³-hybridized carbons (Fsp3) is 0.929. The molecule has 3 heteroatoms. The second-order valence-corrected chi connectivity index (χ2v) is 5.75. The molecule has 3 nitrogen and oxygen atoms in total. The van der Waals surface area contributed by atoms with Gasteiger partial charge in [0.2, 0.25) is 0 Å². The average Bonchev–Trinajstić information content (AvgIpc) is 2.23. The molecule has 100 valence electrons. The molecule has 1 N–H and O–H groups in total. The minimum Gasteiger partial charge on any atom is -0.481 e. The maximum Gasteiger partial charge on any atom is 0.303 e. The molecule has 0 radical (unpaired) electrons. The van der Waals surface area contributed by atoms with E-state index in [1.807, 2.05) is 0 Å². The molecule has 1 fully saturated rings. The van der Waals surface area contributed by atoms with Crippen molar-refractivity contribution in [1.29, 1.82) is 0 Å². The monoisotopic (exact) mass is 241 g/mol. The van der Waals surface area contributed by atoms with Crippen molar-refractivity contribution in [1.82, 2.24) is 4.90 Å². The lowest BCUT2D eigenvalue weighted by Gasteiger charge is -2.39. The molecule has 0 aliphatic heterocycles. The van der Waals surface area contributed by atoms with Crippen molar-refractivity contribution in [3.8, 4) is 0 Å². The summed E-state index contributed by atoms with van der Waals surface area (Å²) in [5.41, 5.74) is 0. The van der Waals surface area contributed by atoms with Crippen LogP contribution in [-0.4, -0.2) is 34.6 Å². The standard InChI is InChI=1S/C14H27NO2/c1-11(2)15(9-5-8-14(16)17)13-7-4-6-12(3)10-13/h11-13H,4-10H2,1-3H3,(H,16,17). The molecule has 17 heavy (non-hydrogen) atoms. The molecule has 2 unspecified atom stereocenters. The van der Waals surface area contributed by atoms with E-state index in [1.165, 1.54) is 25.7 Å². The summed E-state index contributed by atoms with van der Waals surface area (Å²) in [7, 11) is 0. The first-order chi connectivity index (χ1) is 8.00. The van der Waals surface area contributed by atoms with E-state index in [0.717, 1.165) is 18.9 Å². The van der Waals surface area contributed by atoms with E-state index in [4.69, 9.17) is 5.11 Å². The van der Waals surface area contributed by atoms with Crippen molar-refractivity contribution in [3.63, 3.8) is 0 Å². The van der Waals surface area contributed by atoms with Gasteiger partial charge < -0.3 is 5.11 Å². The van der Waals surface area contributed by atoms with E-state index in [-0.39, 0.29) is 0 Å². The third kappa shape index (κ3) is 5.07. The fourth-order valence-electron chi connectivity index (χ4n) is 2.98. The van der Waals surface area contributed by atoms with Gasteiger partial charge in [0, 0.05) is 18.5 Å². The topological polar surface area (TPSA) is 40.5 Å². The molecule has 0 heterocycles. The highest BCUT2D eigenvalue weighted by atomic mass is 16.4. The van der Waals surface area contributed by atoms with Crippen LogP contribution in [0.1, 0.15) is 59.3 Å². The van der Waals surface area contributed by atoms with Gasteiger partial charge in [-0.2, -0.15) is 0 Å². The van der Waals surface area contributed by atoms with Crippen molar-refractivity contribution in [3.05, 3.63) is 0 Å². The van der Waals surface area contributed by atoms with E-state index in [0.29, 0.717) is 18.5 Å². The van der Waals surface area contributed by atoms with Gasteiger partial charge in [0.05, 0.1) is 0 Å². The highest BCUT2D eigenvalue weighted by molar-refractivity contribution is 5.66. The number of hydrogen-bond donors (Lipinski definition) is 1. The molecule has 1 rings (SSSR count). The second kappa shape index (κ2) is 7.00. The molecule has 0 aromatic heterocycles. The summed E-state index contributed by atoms with van der Waals surface area (Å²) in [4.78, 5) is 13.1. The van der Waals surface area contributed by atoms with Crippen LogP contribution in [0.2, 0.25) is 0 Å². The summed E-state index contributed by atoms with van der Waals surface area (Å²) in [6.45, 7) is 7.71. The summed E-state index contributed by atoms with van der Waals surface area (Å²) >= 11 is 0. The van der Waals surface area contributed by atoms with Crippen LogP contribution in [0, 0.1) is 5.92 Å². The zero-order valence-corrected chi connectivity index (χ0v) is 11.5. The predicted molar refractivity (Wildman–Crippen MR) is 70.1 cm³/mol. The first kappa shape index (κ1) is 14.5. The van der Waals surface area contributed by atoms with Crippen molar-refractivity contribution in [2.24, 2.45) is 5.92 Å². The zero-order valence-electron chi connectivity index (χ0n) is 11.5. The molecule has 1 aliphatic carbocycles. The maximum atomic E-state index is 10.6. The largest absolute Gasteiger partial charge is 0.481 e. The van der Waals surface area contributed by atoms with Crippen LogP contribution in [0.25, 0.3) is 0 Å². The van der Waals surface area contributed by atoms with Crippen LogP contribution in [-0.2, 0) is 4.79 Å². The summed E-state index contributed by atoms with van der Waals surface area (Å²) in [5, 5.41) is 8.70. The first-order valence-electron chi connectivity index (χ1n) is 6.98. The summed E-state index contributed by atoms with van der Waals surface area (Å²) in [6.07, 6.45) is 6.33. The molecule has 0 amide bonds. The lowest BCUT2D eigenvalue weighted by Crippen LogP contribution is -2.43. The van der Waals surface area contributed by atoms with Crippen molar-refractivity contribution < 1.29 is 9.90 Å². The molecule has 0 spiro atoms. The Morgan fingerprint density at radius 2 is 2.12 bits per heavy atom. The Kier molecular flexibility index (Phi) is 5.96. The molecular formula is C14H27NO2. The number of hydrogen-bond acceptors (Lipinski definition) is 2. The van der Waals surface area contributed by atoms with Crippen LogP contribution in [0.4, 0.5) is 0 Å². The van der Waals surface area contributed by atoms with Crippen molar-refractivity contribution >= 4 is 5.97 Å². The first-order valence-corrected chi connectivity index (χ1v) is 6.98. The molecular weight excluding hydrogens is 214 g/mol. The predicted octanol–water partition coefficient (Wildman–Crippen LogP) is 3.14. The van der Waals surface area contributed by atoms with Gasteiger partial charge in [-0.1, -0.05) is 19.8 Å². The van der Waals surface area contributed by atoms with Gasteiger partial charge in [-0.05, 0) is 45.6 Å². The van der Waals surface area contributed by atoms with Crippen molar-refractivity contribution in [2.45, 2.75) is 71.4 Å². The lowest BCUT2D eigenvalue weighted by molar-refractivity contribution is -0.137. The van der Waals surface area contributed by atoms with E-state index >= 15 is 0 Å². The van der Waals surface area contributed by atoms with E-state index in [9.17, 15) is 4.79 Å². The molecule has 0 bridgehead atoms. The molecule has 0 aromatic carbocycles. The van der Waals surface area contributed by atoms with Crippen LogP contribution in [0.15, 0.2) is 0 Å². The number of rotatable bonds is 6. The minimum absolute atomic E-state index is 0.297. The third-order valence-electron chi connectivity index (χ3n) is 3.85. The Morgan fingerprint density at radius 1 is 1.41 bits per heavy atom. The van der Waals surface area contributed by atoms with E-state index in [2.05, 4.69) is 25.7 Å². The summed E-state index contributed by atoms with van der Waals surface area (Å²) in [5.74, 6) is 0.153. The SMILES string of the molecule is CC1CCCC(N(CCCC(=O)O)C(C)C)C1. The van der Waals surface area contributed by atoms with E-state index < -0.39 is 5.97 Å².